The Balaban J connectivity index is 1.38. The van der Waals surface area contributed by atoms with Crippen molar-refractivity contribution in [1.82, 2.24) is 14.6 Å². The predicted molar refractivity (Wildman–Crippen MR) is 106 cm³/mol. The van der Waals surface area contributed by atoms with Crippen LogP contribution >= 0.6 is 0 Å². The van der Waals surface area contributed by atoms with Crippen molar-refractivity contribution in [2.24, 2.45) is 0 Å². The fourth-order valence-electron chi connectivity index (χ4n) is 4.28. The van der Waals surface area contributed by atoms with E-state index in [1.807, 2.05) is 6.92 Å². The lowest BCUT2D eigenvalue weighted by Crippen LogP contribution is -2.36. The molecule has 0 aromatic carbocycles. The molecule has 2 aliphatic rings. The lowest BCUT2D eigenvalue weighted by Gasteiger charge is -2.27. The third-order valence-electron chi connectivity index (χ3n) is 6.02. The maximum Gasteiger partial charge on any atom is 0.508 e. The average Bonchev–Trinajstić information content (AvgIpc) is 3.17. The van der Waals surface area contributed by atoms with Gasteiger partial charge >= 0.3 is 6.16 Å². The van der Waals surface area contributed by atoms with Crippen molar-refractivity contribution in [3.05, 3.63) is 24.2 Å². The van der Waals surface area contributed by atoms with E-state index in [0.717, 1.165) is 38.5 Å². The first-order chi connectivity index (χ1) is 14.4. The van der Waals surface area contributed by atoms with Gasteiger partial charge in [-0.05, 0) is 44.7 Å². The Hall–Kier alpha value is -2.43. The monoisotopic (exact) mass is 420 g/mol. The van der Waals surface area contributed by atoms with E-state index in [1.54, 1.807) is 12.1 Å². The number of anilines is 1. The van der Waals surface area contributed by atoms with Gasteiger partial charge in [0.05, 0.1) is 5.69 Å². The number of carbonyl (C=O) groups excluding carboxylic acids is 1. The second-order valence-electron chi connectivity index (χ2n) is 8.30. The van der Waals surface area contributed by atoms with Crippen LogP contribution in [-0.2, 0) is 14.2 Å². The third kappa shape index (κ3) is 4.07. The number of aliphatic hydroxyl groups excluding tert-OH is 2. The van der Waals surface area contributed by atoms with Gasteiger partial charge in [0.25, 0.3) is 0 Å². The smallest absolute Gasteiger partial charge is 0.431 e. The molecular formula is C20H28N4O6. The van der Waals surface area contributed by atoms with Crippen LogP contribution in [0.4, 0.5) is 10.6 Å². The molecule has 10 nitrogen and oxygen atoms in total. The minimum atomic E-state index is -1.24. The number of hydrogen-bond donors (Lipinski definition) is 3. The molecule has 1 saturated carbocycles. The molecule has 164 valence electrons. The molecule has 0 radical (unpaired) electrons. The molecule has 0 spiro atoms. The van der Waals surface area contributed by atoms with Crippen molar-refractivity contribution >= 4 is 17.5 Å². The van der Waals surface area contributed by atoms with Crippen molar-refractivity contribution in [3.63, 3.8) is 0 Å². The first kappa shape index (κ1) is 20.8. The molecule has 2 aromatic heterocycles. The minimum Gasteiger partial charge on any atom is -0.431 e. The summed E-state index contributed by atoms with van der Waals surface area (Å²) in [5, 5.41) is 25.0. The zero-order valence-corrected chi connectivity index (χ0v) is 16.9. The molecule has 30 heavy (non-hydrogen) atoms. The maximum absolute atomic E-state index is 12.2. The Kier molecular flexibility index (Phi) is 5.81. The van der Waals surface area contributed by atoms with Gasteiger partial charge in [0, 0.05) is 0 Å². The van der Waals surface area contributed by atoms with Crippen molar-refractivity contribution in [3.8, 4) is 0 Å². The van der Waals surface area contributed by atoms with Gasteiger partial charge in [-0.2, -0.15) is 5.10 Å². The summed E-state index contributed by atoms with van der Waals surface area (Å²) in [4.78, 5) is 16.1. The number of ether oxygens (including phenoxy) is 3. The number of nitrogens with two attached hydrogens (primary N) is 1. The van der Waals surface area contributed by atoms with Gasteiger partial charge in [0.1, 0.15) is 48.5 Å². The first-order valence-electron chi connectivity index (χ1n) is 10.3. The Bertz CT molecular complexity index is 895. The normalized spacial score (nSPS) is 28.9. The molecular weight excluding hydrogens is 392 g/mol. The van der Waals surface area contributed by atoms with Crippen molar-refractivity contribution < 1.29 is 29.2 Å². The lowest BCUT2D eigenvalue weighted by molar-refractivity contribution is -0.0677. The first-order valence-corrected chi connectivity index (χ1v) is 10.3. The largest absolute Gasteiger partial charge is 0.508 e. The average molecular weight is 420 g/mol. The Morgan fingerprint density at radius 3 is 2.73 bits per heavy atom. The van der Waals surface area contributed by atoms with Crippen LogP contribution in [0.2, 0.25) is 0 Å². The summed E-state index contributed by atoms with van der Waals surface area (Å²) in [7, 11) is 0. The molecule has 0 bridgehead atoms. The van der Waals surface area contributed by atoms with E-state index in [2.05, 4.69) is 10.1 Å². The van der Waals surface area contributed by atoms with Gasteiger partial charge in [-0.25, -0.2) is 14.3 Å². The third-order valence-corrected chi connectivity index (χ3v) is 6.02. The number of aliphatic hydroxyl groups is 2. The van der Waals surface area contributed by atoms with Crippen LogP contribution in [0.25, 0.3) is 5.52 Å². The Morgan fingerprint density at radius 2 is 2.00 bits per heavy atom. The number of fused-ring (bicyclic) bond motifs is 1. The Morgan fingerprint density at radius 1 is 1.27 bits per heavy atom. The standard InChI is InChI=1S/C20H28N4O6/c1-20(8-4-2-3-5-9-20)30-19(27)28-10-14-15(25)16(26)17(29-14)12-6-7-13-18(21)22-11-23-24(12)13/h6-7,11,14-17,25-26H,2-5,8-10H2,1H3,(H2,21,22,23)/t14-,15-,16-,17+/m1/s1. The van der Waals surface area contributed by atoms with Gasteiger partial charge in [0.15, 0.2) is 5.82 Å². The molecule has 4 atom stereocenters. The highest BCUT2D eigenvalue weighted by Crippen LogP contribution is 2.35. The molecule has 1 saturated heterocycles. The van der Waals surface area contributed by atoms with Crippen LogP contribution in [0.1, 0.15) is 57.2 Å². The fraction of sp³-hybridized carbons (Fsp3) is 0.650. The summed E-state index contributed by atoms with van der Waals surface area (Å²) in [5.74, 6) is 0.291. The molecule has 2 aromatic rings. The summed E-state index contributed by atoms with van der Waals surface area (Å²) < 4.78 is 18.1. The van der Waals surface area contributed by atoms with Crippen LogP contribution in [0.5, 0.6) is 0 Å². The van der Waals surface area contributed by atoms with Crippen molar-refractivity contribution in [2.75, 3.05) is 12.3 Å². The molecule has 1 aliphatic carbocycles. The fourth-order valence-corrected chi connectivity index (χ4v) is 4.28. The molecule has 4 rings (SSSR count). The lowest BCUT2D eigenvalue weighted by atomic mass is 9.97. The van der Waals surface area contributed by atoms with E-state index in [0.29, 0.717) is 17.0 Å². The number of carbonyl (C=O) groups is 1. The van der Waals surface area contributed by atoms with Crippen LogP contribution in [0.15, 0.2) is 18.5 Å². The highest BCUT2D eigenvalue weighted by Gasteiger charge is 2.45. The molecule has 0 amide bonds. The van der Waals surface area contributed by atoms with E-state index in [9.17, 15) is 15.0 Å². The molecule has 4 N–H and O–H groups in total. The second-order valence-corrected chi connectivity index (χ2v) is 8.30. The zero-order chi connectivity index (χ0) is 21.3. The summed E-state index contributed by atoms with van der Waals surface area (Å²) in [6, 6.07) is 3.41. The zero-order valence-electron chi connectivity index (χ0n) is 16.9. The highest BCUT2D eigenvalue weighted by atomic mass is 16.7. The van der Waals surface area contributed by atoms with Gasteiger partial charge in [-0.3, -0.25) is 0 Å². The van der Waals surface area contributed by atoms with E-state index >= 15 is 0 Å². The van der Waals surface area contributed by atoms with E-state index in [-0.39, 0.29) is 6.61 Å². The summed E-state index contributed by atoms with van der Waals surface area (Å²) in [6.07, 6.45) is 2.21. The minimum absolute atomic E-state index is 0.232. The van der Waals surface area contributed by atoms with Gasteiger partial charge in [-0.15, -0.1) is 0 Å². The van der Waals surface area contributed by atoms with Gasteiger partial charge in [0.2, 0.25) is 0 Å². The van der Waals surface area contributed by atoms with Crippen LogP contribution in [0, 0.1) is 0 Å². The van der Waals surface area contributed by atoms with Crippen LogP contribution in [0.3, 0.4) is 0 Å². The van der Waals surface area contributed by atoms with Crippen LogP contribution < -0.4 is 5.73 Å². The van der Waals surface area contributed by atoms with Crippen molar-refractivity contribution in [1.29, 1.82) is 0 Å². The highest BCUT2D eigenvalue weighted by molar-refractivity contribution is 5.65. The maximum atomic E-state index is 12.2. The number of nitrogens with zero attached hydrogens (tertiary/aromatic N) is 3. The van der Waals surface area contributed by atoms with Crippen molar-refractivity contribution in [2.45, 2.75) is 75.5 Å². The number of nitrogen functional groups attached to an aromatic ring is 1. The summed E-state index contributed by atoms with van der Waals surface area (Å²) >= 11 is 0. The number of aromatic nitrogens is 3. The van der Waals surface area contributed by atoms with Crippen LogP contribution in [-0.4, -0.2) is 61.5 Å². The second kappa shape index (κ2) is 8.37. The number of rotatable bonds is 4. The molecule has 3 heterocycles. The van der Waals surface area contributed by atoms with E-state index in [1.165, 1.54) is 10.8 Å². The SMILES string of the molecule is CC1(OC(=O)OC[C@H]2O[C@@H](c3ccc4c(N)ncnn34)[C@H](O)[C@@H]2O)CCCCCC1. The quantitative estimate of drug-likeness (QED) is 0.498. The molecule has 2 fully saturated rings. The van der Waals surface area contributed by atoms with Gasteiger partial charge in [-0.1, -0.05) is 12.8 Å². The predicted octanol–water partition coefficient (Wildman–Crippen LogP) is 1.74. The van der Waals surface area contributed by atoms with E-state index < -0.39 is 36.2 Å². The topological polar surface area (TPSA) is 141 Å². The molecule has 1 aliphatic heterocycles. The summed E-state index contributed by atoms with van der Waals surface area (Å²) in [6.45, 7) is 1.69. The number of hydrogen-bond acceptors (Lipinski definition) is 9. The summed E-state index contributed by atoms with van der Waals surface area (Å²) in [5.41, 5.74) is 6.39. The Labute approximate surface area is 173 Å². The van der Waals surface area contributed by atoms with Gasteiger partial charge < -0.3 is 30.2 Å². The van der Waals surface area contributed by atoms with E-state index in [4.69, 9.17) is 19.9 Å². The molecule has 0 unspecified atom stereocenters. The molecule has 10 heteroatoms.